The number of fused-ring (bicyclic) bond motifs is 2. The van der Waals surface area contributed by atoms with Gasteiger partial charge in [-0.05, 0) is 61.7 Å². The molecule has 1 unspecified atom stereocenters. The summed E-state index contributed by atoms with van der Waals surface area (Å²) in [6.07, 6.45) is 9.98. The van der Waals surface area contributed by atoms with Gasteiger partial charge in [-0.25, -0.2) is 0 Å². The van der Waals surface area contributed by atoms with Crippen LogP contribution in [0.5, 0.6) is 0 Å². The quantitative estimate of drug-likeness (QED) is 0.685. The molecule has 0 spiro atoms. The van der Waals surface area contributed by atoms with Crippen LogP contribution in [0.2, 0.25) is 0 Å². The Morgan fingerprint density at radius 1 is 1.19 bits per heavy atom. The maximum absolute atomic E-state index is 5.78. The number of hydrogen-bond acceptors (Lipinski definition) is 1. The number of ether oxygens (including phenoxy) is 1. The Balaban J connectivity index is 1.70. The van der Waals surface area contributed by atoms with Crippen LogP contribution in [-0.2, 0) is 4.74 Å². The van der Waals surface area contributed by atoms with Crippen LogP contribution in [0.4, 0.5) is 0 Å². The van der Waals surface area contributed by atoms with Gasteiger partial charge >= 0.3 is 0 Å². The van der Waals surface area contributed by atoms with Gasteiger partial charge in [0.15, 0.2) is 0 Å². The maximum Gasteiger partial charge on any atom is 0.0714 e. The minimum atomic E-state index is 0.348. The molecule has 0 aromatic carbocycles. The fraction of sp³-hybridized carbons (Fsp3) is 1.00. The maximum atomic E-state index is 5.78. The Morgan fingerprint density at radius 3 is 2.69 bits per heavy atom. The molecule has 0 N–H and O–H groups in total. The summed E-state index contributed by atoms with van der Waals surface area (Å²) in [7, 11) is 1.93. The molecule has 1 nitrogen and oxygen atoms in total. The summed E-state index contributed by atoms with van der Waals surface area (Å²) in [6, 6.07) is 0. The summed E-state index contributed by atoms with van der Waals surface area (Å²) in [5.41, 5.74) is 1.00. The number of hydrogen-bond donors (Lipinski definition) is 0. The molecule has 16 heavy (non-hydrogen) atoms. The summed E-state index contributed by atoms with van der Waals surface area (Å²) < 4.78 is 5.78. The van der Waals surface area contributed by atoms with E-state index in [0.717, 1.165) is 17.8 Å². The van der Waals surface area contributed by atoms with E-state index >= 15 is 0 Å². The predicted molar refractivity (Wildman–Crippen MR) is 66.3 cm³/mol. The molecule has 1 heteroatoms. The SMILES string of the molecule is CCC1(C)CC[C@@H]2C[C@@]3(OC)C[C@@H]3C[C@@H]2C1. The normalized spacial score (nSPS) is 55.3. The van der Waals surface area contributed by atoms with Crippen molar-refractivity contribution in [2.24, 2.45) is 23.2 Å². The highest BCUT2D eigenvalue weighted by molar-refractivity contribution is 5.11. The monoisotopic (exact) mass is 222 g/mol. The van der Waals surface area contributed by atoms with Crippen LogP contribution in [0.3, 0.4) is 0 Å². The summed E-state index contributed by atoms with van der Waals surface area (Å²) in [6.45, 7) is 4.88. The second kappa shape index (κ2) is 3.48. The van der Waals surface area contributed by atoms with Gasteiger partial charge in [0.05, 0.1) is 5.60 Å². The zero-order valence-electron chi connectivity index (χ0n) is 11.1. The van der Waals surface area contributed by atoms with E-state index in [4.69, 9.17) is 4.74 Å². The highest BCUT2D eigenvalue weighted by atomic mass is 16.5. The molecule has 0 amide bonds. The standard InChI is InChI=1S/C15H26O/c1-4-14(2)6-5-11-9-15(16-3)10-13(15)7-12(11)8-14/h11-13H,4-10H2,1-3H3/t11-,12-,13+,14?,15-/m1/s1. The third-order valence-electron chi connectivity index (χ3n) is 6.17. The minimum Gasteiger partial charge on any atom is -0.378 e. The summed E-state index contributed by atoms with van der Waals surface area (Å²) in [4.78, 5) is 0. The van der Waals surface area contributed by atoms with E-state index in [1.54, 1.807) is 0 Å². The lowest BCUT2D eigenvalue weighted by Gasteiger charge is -2.46. The van der Waals surface area contributed by atoms with Gasteiger partial charge in [-0.1, -0.05) is 20.3 Å². The Bertz CT molecular complexity index is 287. The molecule has 5 atom stereocenters. The first-order valence-electron chi connectivity index (χ1n) is 7.16. The Labute approximate surface area is 99.9 Å². The first kappa shape index (κ1) is 11.1. The third-order valence-corrected chi connectivity index (χ3v) is 6.17. The Morgan fingerprint density at radius 2 is 2.00 bits per heavy atom. The van der Waals surface area contributed by atoms with Crippen LogP contribution in [0, 0.1) is 23.2 Å². The van der Waals surface area contributed by atoms with Crippen molar-refractivity contribution in [2.45, 2.75) is 64.4 Å². The highest BCUT2D eigenvalue weighted by Crippen LogP contribution is 2.63. The van der Waals surface area contributed by atoms with Crippen molar-refractivity contribution in [1.29, 1.82) is 0 Å². The van der Waals surface area contributed by atoms with Crippen LogP contribution in [0.1, 0.15) is 58.8 Å². The zero-order valence-corrected chi connectivity index (χ0v) is 11.1. The van der Waals surface area contributed by atoms with E-state index in [-0.39, 0.29) is 0 Å². The van der Waals surface area contributed by atoms with Gasteiger partial charge in [-0.15, -0.1) is 0 Å². The van der Waals surface area contributed by atoms with Crippen LogP contribution in [-0.4, -0.2) is 12.7 Å². The van der Waals surface area contributed by atoms with Gasteiger partial charge < -0.3 is 4.74 Å². The van der Waals surface area contributed by atoms with Crippen LogP contribution in [0.25, 0.3) is 0 Å². The Hall–Kier alpha value is -0.0400. The Kier molecular flexibility index (Phi) is 2.41. The van der Waals surface area contributed by atoms with E-state index in [0.29, 0.717) is 11.0 Å². The van der Waals surface area contributed by atoms with Crippen molar-refractivity contribution < 1.29 is 4.74 Å². The first-order chi connectivity index (χ1) is 7.61. The van der Waals surface area contributed by atoms with Crippen molar-refractivity contribution in [2.75, 3.05) is 7.11 Å². The minimum absolute atomic E-state index is 0.348. The van der Waals surface area contributed by atoms with Gasteiger partial charge in [0.2, 0.25) is 0 Å². The van der Waals surface area contributed by atoms with Crippen molar-refractivity contribution in [1.82, 2.24) is 0 Å². The average molecular weight is 222 g/mol. The second-order valence-corrected chi connectivity index (χ2v) is 7.04. The zero-order chi connectivity index (χ0) is 11.4. The van der Waals surface area contributed by atoms with E-state index in [1.165, 1.54) is 44.9 Å². The molecule has 0 bridgehead atoms. The van der Waals surface area contributed by atoms with Crippen molar-refractivity contribution in [3.63, 3.8) is 0 Å². The molecule has 3 saturated carbocycles. The molecule has 3 aliphatic rings. The second-order valence-electron chi connectivity index (χ2n) is 7.04. The van der Waals surface area contributed by atoms with E-state index in [2.05, 4.69) is 13.8 Å². The number of rotatable bonds is 2. The number of methoxy groups -OCH3 is 1. The van der Waals surface area contributed by atoms with Crippen LogP contribution < -0.4 is 0 Å². The molecular weight excluding hydrogens is 196 g/mol. The lowest BCUT2D eigenvalue weighted by molar-refractivity contribution is -0.0243. The lowest BCUT2D eigenvalue weighted by atomic mass is 9.61. The molecule has 0 saturated heterocycles. The summed E-state index contributed by atoms with van der Waals surface area (Å²) in [5.74, 6) is 2.92. The molecule has 0 aliphatic heterocycles. The van der Waals surface area contributed by atoms with Gasteiger partial charge in [-0.3, -0.25) is 0 Å². The third kappa shape index (κ3) is 1.54. The molecule has 3 rings (SSSR count). The molecule has 3 fully saturated rings. The topological polar surface area (TPSA) is 9.23 Å². The van der Waals surface area contributed by atoms with Crippen LogP contribution >= 0.6 is 0 Å². The fourth-order valence-electron chi connectivity index (χ4n) is 4.59. The molecule has 0 heterocycles. The van der Waals surface area contributed by atoms with E-state index in [9.17, 15) is 0 Å². The summed E-state index contributed by atoms with van der Waals surface area (Å²) >= 11 is 0. The fourth-order valence-corrected chi connectivity index (χ4v) is 4.59. The average Bonchev–Trinajstić information content (AvgIpc) is 3.00. The van der Waals surface area contributed by atoms with Crippen LogP contribution in [0.15, 0.2) is 0 Å². The van der Waals surface area contributed by atoms with Gasteiger partial charge in [0.25, 0.3) is 0 Å². The van der Waals surface area contributed by atoms with E-state index < -0.39 is 0 Å². The largest absolute Gasteiger partial charge is 0.378 e. The van der Waals surface area contributed by atoms with E-state index in [1.807, 2.05) is 7.11 Å². The van der Waals surface area contributed by atoms with Gasteiger partial charge in [-0.2, -0.15) is 0 Å². The predicted octanol–water partition coefficient (Wildman–Crippen LogP) is 4.02. The summed E-state index contributed by atoms with van der Waals surface area (Å²) in [5, 5.41) is 0. The molecule has 0 radical (unpaired) electrons. The lowest BCUT2D eigenvalue weighted by Crippen LogP contribution is -2.38. The molecule has 0 aromatic heterocycles. The first-order valence-corrected chi connectivity index (χ1v) is 7.16. The molecular formula is C15H26O. The highest BCUT2D eigenvalue weighted by Gasteiger charge is 2.60. The van der Waals surface area contributed by atoms with Crippen molar-refractivity contribution in [3.8, 4) is 0 Å². The van der Waals surface area contributed by atoms with Crippen molar-refractivity contribution >= 4 is 0 Å². The van der Waals surface area contributed by atoms with Crippen molar-refractivity contribution in [3.05, 3.63) is 0 Å². The smallest absolute Gasteiger partial charge is 0.0714 e. The molecule has 92 valence electrons. The molecule has 3 aliphatic carbocycles. The van der Waals surface area contributed by atoms with Gasteiger partial charge in [0, 0.05) is 7.11 Å². The van der Waals surface area contributed by atoms with Gasteiger partial charge in [0.1, 0.15) is 0 Å². The molecule has 0 aromatic rings.